The summed E-state index contributed by atoms with van der Waals surface area (Å²) in [5.74, 6) is -0.562. The molecule has 0 radical (unpaired) electrons. The van der Waals surface area contributed by atoms with Gasteiger partial charge in [-0.05, 0) is 56.9 Å². The van der Waals surface area contributed by atoms with Gasteiger partial charge in [-0.2, -0.15) is 8.42 Å². The van der Waals surface area contributed by atoms with Gasteiger partial charge < -0.3 is 10.1 Å². The molecule has 1 aliphatic rings. The van der Waals surface area contributed by atoms with Crippen molar-refractivity contribution in [1.29, 1.82) is 0 Å². The van der Waals surface area contributed by atoms with Crippen LogP contribution in [0, 0.1) is 0 Å². The fourth-order valence-corrected chi connectivity index (χ4v) is 4.46. The normalized spacial score (nSPS) is 16.5. The van der Waals surface area contributed by atoms with E-state index < -0.39 is 27.8 Å². The summed E-state index contributed by atoms with van der Waals surface area (Å²) >= 11 is 0. The Morgan fingerprint density at radius 1 is 1.06 bits per heavy atom. The second-order valence-corrected chi connectivity index (χ2v) is 10.0. The van der Waals surface area contributed by atoms with Crippen LogP contribution in [0.3, 0.4) is 0 Å². The van der Waals surface area contributed by atoms with Crippen LogP contribution in [-0.2, 0) is 32.6 Å². The Morgan fingerprint density at radius 3 is 2.16 bits per heavy atom. The first-order valence-corrected chi connectivity index (χ1v) is 11.4. The van der Waals surface area contributed by atoms with E-state index in [2.05, 4.69) is 5.32 Å². The van der Waals surface area contributed by atoms with E-state index in [1.54, 1.807) is 24.3 Å². The molecular weight excluding hydrogens is 418 g/mol. The van der Waals surface area contributed by atoms with Crippen molar-refractivity contribution in [2.75, 3.05) is 10.8 Å². The maximum absolute atomic E-state index is 12.3. The molecule has 0 unspecified atom stereocenters. The number of anilines is 1. The highest BCUT2D eigenvalue weighted by Gasteiger charge is 2.33. The predicted molar refractivity (Wildman–Crippen MR) is 118 cm³/mol. The van der Waals surface area contributed by atoms with Crippen LogP contribution in [0.15, 0.2) is 54.6 Å². The van der Waals surface area contributed by atoms with Gasteiger partial charge in [0.15, 0.2) is 0 Å². The van der Waals surface area contributed by atoms with E-state index in [0.717, 1.165) is 15.4 Å². The summed E-state index contributed by atoms with van der Waals surface area (Å²) in [4.78, 5) is 23.8. The first-order valence-electron chi connectivity index (χ1n) is 9.97. The third-order valence-corrected chi connectivity index (χ3v) is 5.98. The molecule has 0 aliphatic carbocycles. The lowest BCUT2D eigenvalue weighted by atomic mass is 9.99. The van der Waals surface area contributed by atoms with Gasteiger partial charge in [-0.25, -0.2) is 13.8 Å². The van der Waals surface area contributed by atoms with Crippen LogP contribution in [0.4, 0.5) is 10.5 Å². The first kappa shape index (κ1) is 22.6. The van der Waals surface area contributed by atoms with Crippen molar-refractivity contribution in [3.8, 4) is 0 Å². The number of ether oxygens (including phenoxy) is 1. The monoisotopic (exact) mass is 445 g/mol. The number of carbonyl (C=O) groups is 2. The van der Waals surface area contributed by atoms with Gasteiger partial charge in [0.05, 0.1) is 5.69 Å². The molecule has 0 bridgehead atoms. The third-order valence-electron chi connectivity index (χ3n) is 4.57. The average molecular weight is 446 g/mol. The molecule has 2 amide bonds. The van der Waals surface area contributed by atoms with Gasteiger partial charge in [0.25, 0.3) is 5.91 Å². The Kier molecular flexibility index (Phi) is 6.54. The van der Waals surface area contributed by atoms with Crippen molar-refractivity contribution in [3.63, 3.8) is 0 Å². The van der Waals surface area contributed by atoms with Crippen LogP contribution >= 0.6 is 0 Å². The summed E-state index contributed by atoms with van der Waals surface area (Å²) in [6, 6.07) is 16.5. The van der Waals surface area contributed by atoms with E-state index >= 15 is 0 Å². The van der Waals surface area contributed by atoms with Gasteiger partial charge in [0, 0.05) is 6.04 Å². The lowest BCUT2D eigenvalue weighted by molar-refractivity contribution is -0.117. The fraction of sp³-hybridized carbons (Fsp3) is 0.364. The number of benzene rings is 2. The Balaban J connectivity index is 1.74. The Morgan fingerprint density at radius 2 is 1.65 bits per heavy atom. The van der Waals surface area contributed by atoms with Gasteiger partial charge in [-0.3, -0.25) is 4.79 Å². The minimum Gasteiger partial charge on any atom is -0.444 e. The second kappa shape index (κ2) is 8.97. The standard InChI is InChI=1S/C22H27N3O5S/c1-22(2,3)30-21(27)23-18(13-16-7-5-4-6-8-16)14-17-9-11-19(12-10-17)25-15-20(26)24-31(25,28)29/h4-12,18H,13-15H2,1-3H3,(H,23,27)(H,24,26)/t18-/m0/s1. The molecule has 3 rings (SSSR count). The van der Waals surface area contributed by atoms with E-state index in [9.17, 15) is 18.0 Å². The van der Waals surface area contributed by atoms with Crippen LogP contribution in [0.1, 0.15) is 31.9 Å². The Bertz CT molecular complexity index is 1030. The Hall–Kier alpha value is -3.07. The van der Waals surface area contributed by atoms with E-state index in [4.69, 9.17) is 4.74 Å². The zero-order valence-electron chi connectivity index (χ0n) is 17.8. The van der Waals surface area contributed by atoms with Gasteiger partial charge >= 0.3 is 16.3 Å². The molecule has 1 heterocycles. The fourth-order valence-electron chi connectivity index (χ4n) is 3.31. The van der Waals surface area contributed by atoms with Crippen molar-refractivity contribution in [1.82, 2.24) is 10.0 Å². The molecule has 0 saturated carbocycles. The van der Waals surface area contributed by atoms with Crippen LogP contribution in [0.25, 0.3) is 0 Å². The van der Waals surface area contributed by atoms with E-state index in [0.29, 0.717) is 18.5 Å². The highest BCUT2D eigenvalue weighted by molar-refractivity contribution is 7.92. The molecule has 2 N–H and O–H groups in total. The number of hydrogen-bond donors (Lipinski definition) is 2. The van der Waals surface area contributed by atoms with Crippen LogP contribution in [0.2, 0.25) is 0 Å². The largest absolute Gasteiger partial charge is 0.444 e. The number of alkyl carbamates (subject to hydrolysis) is 1. The highest BCUT2D eigenvalue weighted by atomic mass is 32.2. The molecule has 0 spiro atoms. The quantitative estimate of drug-likeness (QED) is 0.711. The summed E-state index contributed by atoms with van der Waals surface area (Å²) in [6.45, 7) is 5.19. The van der Waals surface area contributed by atoms with Gasteiger partial charge in [-0.15, -0.1) is 0 Å². The lowest BCUT2D eigenvalue weighted by Crippen LogP contribution is -2.41. The Labute approximate surface area is 182 Å². The van der Waals surface area contributed by atoms with Crippen LogP contribution in [-0.4, -0.2) is 38.6 Å². The van der Waals surface area contributed by atoms with E-state index in [1.165, 1.54) is 0 Å². The summed E-state index contributed by atoms with van der Waals surface area (Å²) in [5, 5.41) is 2.94. The minimum absolute atomic E-state index is 0.220. The smallest absolute Gasteiger partial charge is 0.407 e. The molecular formula is C22H27N3O5S. The second-order valence-electron chi connectivity index (χ2n) is 8.44. The summed E-state index contributed by atoms with van der Waals surface area (Å²) in [6.07, 6.45) is 0.650. The molecule has 1 aliphatic heterocycles. The highest BCUT2D eigenvalue weighted by Crippen LogP contribution is 2.22. The number of nitrogens with one attached hydrogen (secondary N) is 2. The van der Waals surface area contributed by atoms with Crippen molar-refractivity contribution in [2.24, 2.45) is 0 Å². The van der Waals surface area contributed by atoms with Crippen molar-refractivity contribution in [2.45, 2.75) is 45.3 Å². The molecule has 1 atom stereocenters. The van der Waals surface area contributed by atoms with Crippen molar-refractivity contribution in [3.05, 3.63) is 65.7 Å². The van der Waals surface area contributed by atoms with Gasteiger partial charge in [-0.1, -0.05) is 42.5 Å². The number of amides is 2. The van der Waals surface area contributed by atoms with Crippen molar-refractivity contribution < 1.29 is 22.7 Å². The molecule has 31 heavy (non-hydrogen) atoms. The molecule has 166 valence electrons. The number of nitrogens with zero attached hydrogens (tertiary/aromatic N) is 1. The average Bonchev–Trinajstić information content (AvgIpc) is 2.93. The maximum Gasteiger partial charge on any atom is 0.407 e. The van der Waals surface area contributed by atoms with Crippen molar-refractivity contribution >= 4 is 27.9 Å². The van der Waals surface area contributed by atoms with Gasteiger partial charge in [0.2, 0.25) is 0 Å². The van der Waals surface area contributed by atoms with Gasteiger partial charge in [0.1, 0.15) is 12.1 Å². The number of hydrogen-bond acceptors (Lipinski definition) is 5. The predicted octanol–water partition coefficient (Wildman–Crippen LogP) is 2.55. The zero-order valence-corrected chi connectivity index (χ0v) is 18.6. The maximum atomic E-state index is 12.3. The zero-order chi connectivity index (χ0) is 22.6. The first-order chi connectivity index (χ1) is 14.5. The molecule has 0 aromatic heterocycles. The van der Waals surface area contributed by atoms with Crippen LogP contribution in [0.5, 0.6) is 0 Å². The molecule has 2 aromatic rings. The molecule has 1 saturated heterocycles. The summed E-state index contributed by atoms with van der Waals surface area (Å²) < 4.78 is 32.4. The van der Waals surface area contributed by atoms with Crippen LogP contribution < -0.4 is 14.3 Å². The molecule has 2 aromatic carbocycles. The number of carbonyl (C=O) groups excluding carboxylic acids is 2. The van der Waals surface area contributed by atoms with E-state index in [1.807, 2.05) is 55.8 Å². The third kappa shape index (κ3) is 6.45. The summed E-state index contributed by atoms with van der Waals surface area (Å²) in [5.41, 5.74) is 1.79. The summed E-state index contributed by atoms with van der Waals surface area (Å²) in [7, 11) is -3.84. The minimum atomic E-state index is -3.84. The molecule has 1 fully saturated rings. The molecule has 9 heteroatoms. The number of rotatable bonds is 6. The lowest BCUT2D eigenvalue weighted by Gasteiger charge is -2.24. The topological polar surface area (TPSA) is 105 Å². The molecule has 8 nitrogen and oxygen atoms in total. The SMILES string of the molecule is CC(C)(C)OC(=O)N[C@@H](Cc1ccccc1)Cc1ccc(N2CC(=O)NS2(=O)=O)cc1. The van der Waals surface area contributed by atoms with E-state index in [-0.39, 0.29) is 12.6 Å².